The lowest BCUT2D eigenvalue weighted by molar-refractivity contribution is -0.143. The molecular formula is C25H24F5NO3. The predicted molar refractivity (Wildman–Crippen MR) is 114 cm³/mol. The third-order valence-corrected chi connectivity index (χ3v) is 5.50. The summed E-state index contributed by atoms with van der Waals surface area (Å²) in [7, 11) is 0. The zero-order valence-corrected chi connectivity index (χ0v) is 18.9. The van der Waals surface area contributed by atoms with E-state index in [0.717, 1.165) is 23.1 Å². The molecule has 3 rings (SSSR count). The number of nitrogens with zero attached hydrogens (tertiary/aromatic N) is 1. The molecule has 1 aliphatic heterocycles. The van der Waals surface area contributed by atoms with E-state index in [-0.39, 0.29) is 41.5 Å². The van der Waals surface area contributed by atoms with Crippen molar-refractivity contribution in [2.24, 2.45) is 5.92 Å². The maximum absolute atomic E-state index is 13.7. The van der Waals surface area contributed by atoms with Crippen molar-refractivity contribution in [1.82, 2.24) is 4.90 Å². The number of hydrogen-bond acceptors (Lipinski definition) is 3. The van der Waals surface area contributed by atoms with Crippen LogP contribution in [0, 0.1) is 17.6 Å². The first-order chi connectivity index (χ1) is 15.9. The van der Waals surface area contributed by atoms with Crippen molar-refractivity contribution in [3.63, 3.8) is 0 Å². The van der Waals surface area contributed by atoms with Crippen LogP contribution in [0.4, 0.5) is 22.0 Å². The van der Waals surface area contributed by atoms with Crippen molar-refractivity contribution in [3.05, 3.63) is 82.1 Å². The molecule has 4 nitrogen and oxygen atoms in total. The third kappa shape index (κ3) is 5.63. The number of rotatable bonds is 6. The fourth-order valence-corrected chi connectivity index (χ4v) is 4.00. The highest BCUT2D eigenvalue weighted by atomic mass is 19.4. The molecule has 0 aromatic heterocycles. The normalized spacial score (nSPS) is 16.9. The second kappa shape index (κ2) is 9.95. The SMILES string of the molecule is CC1=C(C(=O)OCC(C)C)C(c2ccccc2C(F)(F)F)CC(=O)N1Cc1cc(F)cc(F)c1. The van der Waals surface area contributed by atoms with Gasteiger partial charge in [-0.1, -0.05) is 32.0 Å². The maximum Gasteiger partial charge on any atom is 0.416 e. The zero-order chi connectivity index (χ0) is 25.2. The van der Waals surface area contributed by atoms with E-state index < -0.39 is 47.6 Å². The summed E-state index contributed by atoms with van der Waals surface area (Å²) in [5.41, 5.74) is -1.04. The van der Waals surface area contributed by atoms with Gasteiger partial charge in [-0.15, -0.1) is 0 Å². The number of alkyl halides is 3. The summed E-state index contributed by atoms with van der Waals surface area (Å²) in [6.45, 7) is 4.81. The summed E-state index contributed by atoms with van der Waals surface area (Å²) in [5.74, 6) is -4.31. The molecule has 1 amide bonds. The third-order valence-electron chi connectivity index (χ3n) is 5.50. The first kappa shape index (κ1) is 25.4. The zero-order valence-electron chi connectivity index (χ0n) is 18.9. The van der Waals surface area contributed by atoms with Gasteiger partial charge in [0.2, 0.25) is 5.91 Å². The topological polar surface area (TPSA) is 46.6 Å². The molecule has 0 fully saturated rings. The lowest BCUT2D eigenvalue weighted by Gasteiger charge is -2.35. The van der Waals surface area contributed by atoms with Gasteiger partial charge in [-0.25, -0.2) is 13.6 Å². The van der Waals surface area contributed by atoms with Crippen LogP contribution in [0.25, 0.3) is 0 Å². The highest BCUT2D eigenvalue weighted by molar-refractivity contribution is 5.96. The van der Waals surface area contributed by atoms with Gasteiger partial charge in [0, 0.05) is 24.1 Å². The second-order valence-corrected chi connectivity index (χ2v) is 8.59. The summed E-state index contributed by atoms with van der Waals surface area (Å²) in [6, 6.07) is 7.55. The van der Waals surface area contributed by atoms with Crippen molar-refractivity contribution >= 4 is 11.9 Å². The fraction of sp³-hybridized carbons (Fsp3) is 0.360. The molecule has 0 radical (unpaired) electrons. The van der Waals surface area contributed by atoms with E-state index in [1.807, 2.05) is 0 Å². The van der Waals surface area contributed by atoms with Gasteiger partial charge < -0.3 is 9.64 Å². The first-order valence-corrected chi connectivity index (χ1v) is 10.7. The molecule has 34 heavy (non-hydrogen) atoms. The average molecular weight is 481 g/mol. The van der Waals surface area contributed by atoms with Crippen LogP contribution in [0.15, 0.2) is 53.7 Å². The predicted octanol–water partition coefficient (Wildman–Crippen LogP) is 5.97. The summed E-state index contributed by atoms with van der Waals surface area (Å²) >= 11 is 0. The van der Waals surface area contributed by atoms with E-state index in [2.05, 4.69) is 0 Å². The number of halogens is 5. The van der Waals surface area contributed by atoms with Crippen molar-refractivity contribution in [3.8, 4) is 0 Å². The molecule has 1 aliphatic rings. The molecule has 0 aliphatic carbocycles. The highest BCUT2D eigenvalue weighted by Crippen LogP contribution is 2.43. The summed E-state index contributed by atoms with van der Waals surface area (Å²) < 4.78 is 73.8. The molecule has 0 saturated carbocycles. The Labute approximate surface area is 194 Å². The van der Waals surface area contributed by atoms with Crippen molar-refractivity contribution in [2.45, 2.75) is 45.8 Å². The van der Waals surface area contributed by atoms with E-state index in [4.69, 9.17) is 4.74 Å². The van der Waals surface area contributed by atoms with E-state index >= 15 is 0 Å². The van der Waals surface area contributed by atoms with Crippen molar-refractivity contribution in [1.29, 1.82) is 0 Å². The van der Waals surface area contributed by atoms with Crippen LogP contribution < -0.4 is 0 Å². The van der Waals surface area contributed by atoms with E-state index in [1.54, 1.807) is 13.8 Å². The van der Waals surface area contributed by atoms with Crippen molar-refractivity contribution < 1.29 is 36.3 Å². The van der Waals surface area contributed by atoms with Crippen LogP contribution in [-0.4, -0.2) is 23.4 Å². The Morgan fingerprint density at radius 1 is 1.12 bits per heavy atom. The Hall–Kier alpha value is -3.23. The Kier molecular flexibility index (Phi) is 7.43. The molecule has 0 N–H and O–H groups in total. The maximum atomic E-state index is 13.7. The monoisotopic (exact) mass is 481 g/mol. The Morgan fingerprint density at radius 3 is 2.32 bits per heavy atom. The number of carbonyl (C=O) groups excluding carboxylic acids is 2. The number of benzene rings is 2. The van der Waals surface area contributed by atoms with Crippen LogP contribution in [0.3, 0.4) is 0 Å². The highest BCUT2D eigenvalue weighted by Gasteiger charge is 2.42. The van der Waals surface area contributed by atoms with Gasteiger partial charge in [0.25, 0.3) is 0 Å². The van der Waals surface area contributed by atoms with Gasteiger partial charge in [0.05, 0.1) is 24.3 Å². The molecule has 182 valence electrons. The Balaban J connectivity index is 2.11. The standard InChI is InChI=1S/C25H24F5NO3/c1-14(2)13-34-24(33)23-15(3)31(12-16-8-17(26)10-18(27)9-16)22(32)11-20(23)19-6-4-5-7-21(19)25(28,29)30/h4-10,14,20H,11-13H2,1-3H3. The van der Waals surface area contributed by atoms with Gasteiger partial charge >= 0.3 is 12.1 Å². The van der Waals surface area contributed by atoms with Crippen molar-refractivity contribution in [2.75, 3.05) is 6.61 Å². The summed E-state index contributed by atoms with van der Waals surface area (Å²) in [4.78, 5) is 27.2. The molecular weight excluding hydrogens is 457 g/mol. The molecule has 2 aromatic carbocycles. The van der Waals surface area contributed by atoms with E-state index in [1.165, 1.54) is 25.1 Å². The number of amides is 1. The molecule has 1 atom stereocenters. The smallest absolute Gasteiger partial charge is 0.416 e. The molecule has 9 heteroatoms. The van der Waals surface area contributed by atoms with Crippen LogP contribution in [0.2, 0.25) is 0 Å². The molecule has 0 spiro atoms. The number of allylic oxidation sites excluding steroid dienone is 1. The van der Waals surface area contributed by atoms with Gasteiger partial charge in [-0.05, 0) is 42.2 Å². The van der Waals surface area contributed by atoms with Crippen LogP contribution in [0.5, 0.6) is 0 Å². The number of ether oxygens (including phenoxy) is 1. The molecule has 1 unspecified atom stereocenters. The summed E-state index contributed by atoms with van der Waals surface area (Å²) in [5, 5.41) is 0. The number of carbonyl (C=O) groups is 2. The average Bonchev–Trinajstić information content (AvgIpc) is 2.73. The quantitative estimate of drug-likeness (QED) is 0.377. The van der Waals surface area contributed by atoms with E-state index in [9.17, 15) is 31.5 Å². The largest absolute Gasteiger partial charge is 0.462 e. The van der Waals surface area contributed by atoms with Gasteiger partial charge in [-0.3, -0.25) is 4.79 Å². The van der Waals surface area contributed by atoms with Gasteiger partial charge in [0.1, 0.15) is 11.6 Å². The lowest BCUT2D eigenvalue weighted by Crippen LogP contribution is -2.38. The van der Waals surface area contributed by atoms with Gasteiger partial charge in [-0.2, -0.15) is 13.2 Å². The molecule has 0 bridgehead atoms. The minimum atomic E-state index is -4.70. The lowest BCUT2D eigenvalue weighted by atomic mass is 9.81. The Morgan fingerprint density at radius 2 is 1.74 bits per heavy atom. The van der Waals surface area contributed by atoms with Crippen LogP contribution in [-0.2, 0) is 27.0 Å². The molecule has 1 heterocycles. The molecule has 2 aromatic rings. The van der Waals surface area contributed by atoms with Gasteiger partial charge in [0.15, 0.2) is 0 Å². The second-order valence-electron chi connectivity index (χ2n) is 8.59. The van der Waals surface area contributed by atoms with E-state index in [0.29, 0.717) is 6.07 Å². The summed E-state index contributed by atoms with van der Waals surface area (Å²) in [6.07, 6.45) is -5.13. The number of hydrogen-bond donors (Lipinski definition) is 0. The minimum absolute atomic E-state index is 0.0256. The van der Waals surface area contributed by atoms with Crippen LogP contribution >= 0.6 is 0 Å². The number of esters is 1. The Bertz CT molecular complexity index is 1100. The van der Waals surface area contributed by atoms with Crippen LogP contribution in [0.1, 0.15) is 49.8 Å². The fourth-order valence-electron chi connectivity index (χ4n) is 4.00. The molecule has 0 saturated heterocycles. The first-order valence-electron chi connectivity index (χ1n) is 10.7. The minimum Gasteiger partial charge on any atom is -0.462 e.